The zero-order valence-electron chi connectivity index (χ0n) is 16.3. The molecule has 0 radical (unpaired) electrons. The molecular weight excluding hydrogens is 356 g/mol. The van der Waals surface area contributed by atoms with Gasteiger partial charge in [-0.2, -0.15) is 10.2 Å². The predicted molar refractivity (Wildman–Crippen MR) is 109 cm³/mol. The predicted octanol–water partition coefficient (Wildman–Crippen LogP) is 2.81. The maximum Gasteiger partial charge on any atom is 0.162 e. The number of fused-ring (bicyclic) bond motifs is 1. The molecular formula is C21H24N4O3. The van der Waals surface area contributed by atoms with E-state index in [9.17, 15) is 0 Å². The Bertz CT molecular complexity index is 979. The van der Waals surface area contributed by atoms with E-state index in [1.165, 1.54) is 0 Å². The molecule has 146 valence electrons. The molecule has 0 bridgehead atoms. The zero-order chi connectivity index (χ0) is 19.5. The molecule has 1 aliphatic heterocycles. The van der Waals surface area contributed by atoms with E-state index in [1.807, 2.05) is 36.5 Å². The van der Waals surface area contributed by atoms with E-state index in [4.69, 9.17) is 14.2 Å². The Hall–Kier alpha value is -3.06. The maximum absolute atomic E-state index is 5.55. The molecule has 0 saturated carbocycles. The Balaban J connectivity index is 1.71. The second-order valence-corrected chi connectivity index (χ2v) is 6.65. The van der Waals surface area contributed by atoms with Crippen LogP contribution in [0.5, 0.6) is 17.2 Å². The monoisotopic (exact) mass is 380 g/mol. The molecule has 0 amide bonds. The minimum Gasteiger partial charge on any atom is -0.496 e. The Morgan fingerprint density at radius 1 is 1.00 bits per heavy atom. The number of nitrogens with zero attached hydrogens (tertiary/aromatic N) is 3. The van der Waals surface area contributed by atoms with Crippen LogP contribution in [0.4, 0.5) is 5.69 Å². The number of para-hydroxylation sites is 1. The van der Waals surface area contributed by atoms with Crippen LogP contribution >= 0.6 is 0 Å². The van der Waals surface area contributed by atoms with Crippen LogP contribution in [0.3, 0.4) is 0 Å². The highest BCUT2D eigenvalue weighted by Crippen LogP contribution is 2.36. The van der Waals surface area contributed by atoms with Crippen molar-refractivity contribution in [2.45, 2.75) is 6.04 Å². The van der Waals surface area contributed by atoms with Crippen LogP contribution in [0.15, 0.2) is 42.6 Å². The van der Waals surface area contributed by atoms with E-state index in [1.54, 1.807) is 21.3 Å². The van der Waals surface area contributed by atoms with Crippen molar-refractivity contribution in [2.24, 2.45) is 0 Å². The Morgan fingerprint density at radius 2 is 1.75 bits per heavy atom. The molecule has 2 heterocycles. The quantitative estimate of drug-likeness (QED) is 0.730. The molecule has 1 atom stereocenters. The molecule has 7 heteroatoms. The van der Waals surface area contributed by atoms with Crippen molar-refractivity contribution in [1.29, 1.82) is 0 Å². The summed E-state index contributed by atoms with van der Waals surface area (Å²) in [6.07, 6.45) is 1.82. The molecule has 0 spiro atoms. The highest BCUT2D eigenvalue weighted by atomic mass is 16.5. The van der Waals surface area contributed by atoms with E-state index < -0.39 is 0 Å². The van der Waals surface area contributed by atoms with Crippen molar-refractivity contribution < 1.29 is 14.2 Å². The van der Waals surface area contributed by atoms with Crippen LogP contribution in [0.25, 0.3) is 10.9 Å². The number of nitrogens with one attached hydrogen (secondary N) is 1. The largest absolute Gasteiger partial charge is 0.496 e. The Labute approximate surface area is 164 Å². The Morgan fingerprint density at radius 3 is 2.54 bits per heavy atom. The first-order valence-corrected chi connectivity index (χ1v) is 9.23. The lowest BCUT2D eigenvalue weighted by Gasteiger charge is -2.36. The standard InChI is InChI=1S/C21H24N4O3/c1-26-19-7-5-4-6-14(19)17-13-25(9-8-22-17)18-12-23-24-16-11-21(28-3)20(27-2)10-15(16)18/h4-7,10-12,17,22H,8-9,13H2,1-3H3. The summed E-state index contributed by atoms with van der Waals surface area (Å²) in [6, 6.07) is 12.1. The van der Waals surface area contributed by atoms with E-state index >= 15 is 0 Å². The molecule has 2 aromatic carbocycles. The summed E-state index contributed by atoms with van der Waals surface area (Å²) in [5, 5.41) is 13.1. The summed E-state index contributed by atoms with van der Waals surface area (Å²) in [6.45, 7) is 2.54. The fraction of sp³-hybridized carbons (Fsp3) is 0.333. The summed E-state index contributed by atoms with van der Waals surface area (Å²) in [5.41, 5.74) is 2.97. The van der Waals surface area contributed by atoms with Gasteiger partial charge >= 0.3 is 0 Å². The number of methoxy groups -OCH3 is 3. The highest BCUT2D eigenvalue weighted by molar-refractivity contribution is 5.93. The molecule has 1 N–H and O–H groups in total. The lowest BCUT2D eigenvalue weighted by Crippen LogP contribution is -2.46. The van der Waals surface area contributed by atoms with Crippen molar-refractivity contribution in [1.82, 2.24) is 15.5 Å². The molecule has 1 aromatic heterocycles. The average Bonchev–Trinajstić information content (AvgIpc) is 2.77. The minimum atomic E-state index is 0.160. The number of anilines is 1. The van der Waals surface area contributed by atoms with Gasteiger partial charge in [-0.25, -0.2) is 0 Å². The molecule has 1 fully saturated rings. The average molecular weight is 380 g/mol. The smallest absolute Gasteiger partial charge is 0.162 e. The van der Waals surface area contributed by atoms with Gasteiger partial charge < -0.3 is 24.4 Å². The van der Waals surface area contributed by atoms with E-state index in [0.717, 1.165) is 47.5 Å². The van der Waals surface area contributed by atoms with Crippen LogP contribution < -0.4 is 24.4 Å². The summed E-state index contributed by atoms with van der Waals surface area (Å²) in [5.74, 6) is 2.22. The van der Waals surface area contributed by atoms with E-state index in [2.05, 4.69) is 26.5 Å². The van der Waals surface area contributed by atoms with E-state index in [-0.39, 0.29) is 6.04 Å². The fourth-order valence-electron chi connectivity index (χ4n) is 3.75. The Kier molecular flexibility index (Phi) is 5.16. The number of benzene rings is 2. The third-order valence-corrected chi connectivity index (χ3v) is 5.15. The summed E-state index contributed by atoms with van der Waals surface area (Å²) < 4.78 is 16.4. The van der Waals surface area contributed by atoms with E-state index in [0.29, 0.717) is 11.5 Å². The minimum absolute atomic E-state index is 0.160. The summed E-state index contributed by atoms with van der Waals surface area (Å²) in [4.78, 5) is 2.33. The third-order valence-electron chi connectivity index (χ3n) is 5.15. The normalized spacial score (nSPS) is 16.8. The molecule has 3 aromatic rings. The van der Waals surface area contributed by atoms with Gasteiger partial charge in [-0.15, -0.1) is 0 Å². The second kappa shape index (κ2) is 7.90. The van der Waals surface area contributed by atoms with Gasteiger partial charge in [0.1, 0.15) is 5.75 Å². The number of hydrogen-bond acceptors (Lipinski definition) is 7. The van der Waals surface area contributed by atoms with Crippen molar-refractivity contribution in [3.05, 3.63) is 48.2 Å². The summed E-state index contributed by atoms with van der Waals surface area (Å²) in [7, 11) is 4.97. The van der Waals surface area contributed by atoms with Crippen molar-refractivity contribution >= 4 is 16.6 Å². The number of aromatic nitrogens is 2. The van der Waals surface area contributed by atoms with Gasteiger partial charge in [0.25, 0.3) is 0 Å². The molecule has 1 saturated heterocycles. The van der Waals surface area contributed by atoms with Crippen molar-refractivity contribution in [2.75, 3.05) is 45.9 Å². The van der Waals surface area contributed by atoms with Crippen LogP contribution in [0, 0.1) is 0 Å². The molecule has 28 heavy (non-hydrogen) atoms. The first kappa shape index (κ1) is 18.3. The molecule has 1 unspecified atom stereocenters. The number of hydrogen-bond donors (Lipinski definition) is 1. The van der Waals surface area contributed by atoms with Gasteiger partial charge in [0.15, 0.2) is 11.5 Å². The molecule has 4 rings (SSSR count). The van der Waals surface area contributed by atoms with Crippen LogP contribution in [0.1, 0.15) is 11.6 Å². The van der Waals surface area contributed by atoms with Gasteiger partial charge in [-0.05, 0) is 12.1 Å². The van der Waals surface area contributed by atoms with Crippen molar-refractivity contribution in [3.8, 4) is 17.2 Å². The molecule has 0 aliphatic carbocycles. The van der Waals surface area contributed by atoms with Gasteiger partial charge in [-0.1, -0.05) is 18.2 Å². The molecule has 7 nitrogen and oxygen atoms in total. The number of piperazine rings is 1. The van der Waals surface area contributed by atoms with Crippen LogP contribution in [0.2, 0.25) is 0 Å². The fourth-order valence-corrected chi connectivity index (χ4v) is 3.75. The lowest BCUT2D eigenvalue weighted by molar-refractivity contribution is 0.355. The SMILES string of the molecule is COc1cc2nncc(N3CCNC(c4ccccc4OC)C3)c2cc1OC. The first-order valence-electron chi connectivity index (χ1n) is 9.23. The number of ether oxygens (including phenoxy) is 3. The lowest BCUT2D eigenvalue weighted by atomic mass is 10.0. The van der Waals surface area contributed by atoms with Crippen LogP contribution in [-0.4, -0.2) is 51.2 Å². The maximum atomic E-state index is 5.55. The molecule has 1 aliphatic rings. The first-order chi connectivity index (χ1) is 13.7. The number of rotatable bonds is 5. The highest BCUT2D eigenvalue weighted by Gasteiger charge is 2.25. The van der Waals surface area contributed by atoms with Gasteiger partial charge in [0, 0.05) is 36.7 Å². The zero-order valence-corrected chi connectivity index (χ0v) is 16.3. The van der Waals surface area contributed by atoms with Crippen LogP contribution in [-0.2, 0) is 0 Å². The van der Waals surface area contributed by atoms with Crippen molar-refractivity contribution in [3.63, 3.8) is 0 Å². The van der Waals surface area contributed by atoms with Gasteiger partial charge in [-0.3, -0.25) is 0 Å². The van der Waals surface area contributed by atoms with Gasteiger partial charge in [0.2, 0.25) is 0 Å². The topological polar surface area (TPSA) is 68.7 Å². The summed E-state index contributed by atoms with van der Waals surface area (Å²) >= 11 is 0. The van der Waals surface area contributed by atoms with Gasteiger partial charge in [0.05, 0.1) is 44.8 Å². The second-order valence-electron chi connectivity index (χ2n) is 6.65. The third kappa shape index (κ3) is 3.29.